The van der Waals surface area contributed by atoms with E-state index in [0.29, 0.717) is 16.3 Å². The molecule has 0 amide bonds. The molecule has 0 spiro atoms. The van der Waals surface area contributed by atoms with Gasteiger partial charge in [-0.15, -0.1) is 0 Å². The van der Waals surface area contributed by atoms with E-state index in [2.05, 4.69) is 9.37 Å². The Morgan fingerprint density at radius 2 is 2.55 bits per heavy atom. The number of rotatable bonds is 1. The third-order valence-corrected chi connectivity index (χ3v) is 2.00. The number of hydrogen-bond donors (Lipinski definition) is 1. The van der Waals surface area contributed by atoms with E-state index < -0.39 is 0 Å². The Hall–Kier alpha value is -1.41. The summed E-state index contributed by atoms with van der Waals surface area (Å²) in [6.45, 7) is 1.77. The zero-order valence-corrected chi connectivity index (χ0v) is 6.72. The minimum absolute atomic E-state index is 0.511. The average Bonchev–Trinajstić information content (AvgIpc) is 2.33. The molecule has 56 valence electrons. The SMILES string of the molecule is Cc1nsc(/N=C\N)c1C#N. The van der Waals surface area contributed by atoms with Crippen molar-refractivity contribution in [1.29, 1.82) is 5.26 Å². The molecule has 1 rings (SSSR count). The summed E-state index contributed by atoms with van der Waals surface area (Å²) >= 11 is 1.17. The molecule has 2 N–H and O–H groups in total. The van der Waals surface area contributed by atoms with Crippen molar-refractivity contribution in [3.8, 4) is 6.07 Å². The van der Waals surface area contributed by atoms with E-state index >= 15 is 0 Å². The summed E-state index contributed by atoms with van der Waals surface area (Å²) in [5.74, 6) is 0. The topological polar surface area (TPSA) is 75.1 Å². The second-order valence-corrected chi connectivity index (χ2v) is 2.59. The molecule has 0 aliphatic carbocycles. The van der Waals surface area contributed by atoms with Crippen LogP contribution in [0.4, 0.5) is 5.00 Å². The zero-order chi connectivity index (χ0) is 8.27. The van der Waals surface area contributed by atoms with Gasteiger partial charge in [0.25, 0.3) is 0 Å². The first-order valence-corrected chi connectivity index (χ1v) is 3.67. The summed E-state index contributed by atoms with van der Waals surface area (Å²) in [7, 11) is 0. The standard InChI is InChI=1S/C6H6N4S/c1-4-5(2-7)6(9-3-8)11-10-4/h3H,1H3,(H2,8,9). The first-order valence-electron chi connectivity index (χ1n) is 2.90. The molecule has 0 saturated carbocycles. The van der Waals surface area contributed by atoms with E-state index in [0.717, 1.165) is 6.34 Å². The highest BCUT2D eigenvalue weighted by Gasteiger charge is 2.07. The first-order chi connectivity index (χ1) is 5.29. The molecule has 0 bridgehead atoms. The Morgan fingerprint density at radius 3 is 3.09 bits per heavy atom. The van der Waals surface area contributed by atoms with Gasteiger partial charge >= 0.3 is 0 Å². The molecule has 0 unspecified atom stereocenters. The van der Waals surface area contributed by atoms with Crippen LogP contribution < -0.4 is 5.73 Å². The third-order valence-electron chi connectivity index (χ3n) is 1.15. The fourth-order valence-electron chi connectivity index (χ4n) is 0.642. The van der Waals surface area contributed by atoms with Gasteiger partial charge in [0.15, 0.2) is 5.00 Å². The van der Waals surface area contributed by atoms with Gasteiger partial charge in [-0.05, 0) is 18.5 Å². The molecule has 0 aromatic carbocycles. The average molecular weight is 166 g/mol. The molecule has 0 saturated heterocycles. The van der Waals surface area contributed by atoms with Crippen LogP contribution in [0.3, 0.4) is 0 Å². The summed E-state index contributed by atoms with van der Waals surface area (Å²) in [6.07, 6.45) is 1.16. The van der Waals surface area contributed by atoms with Crippen LogP contribution in [0.15, 0.2) is 4.99 Å². The molecule has 0 atom stereocenters. The van der Waals surface area contributed by atoms with Gasteiger partial charge in [-0.2, -0.15) is 9.64 Å². The van der Waals surface area contributed by atoms with Crippen LogP contribution in [0.2, 0.25) is 0 Å². The van der Waals surface area contributed by atoms with Crippen molar-refractivity contribution in [1.82, 2.24) is 4.37 Å². The summed E-state index contributed by atoms with van der Waals surface area (Å²) in [4.78, 5) is 3.78. The van der Waals surface area contributed by atoms with Crippen LogP contribution in [0.25, 0.3) is 0 Å². The fraction of sp³-hybridized carbons (Fsp3) is 0.167. The maximum absolute atomic E-state index is 8.62. The van der Waals surface area contributed by atoms with Crippen molar-refractivity contribution in [2.24, 2.45) is 10.7 Å². The smallest absolute Gasteiger partial charge is 0.155 e. The van der Waals surface area contributed by atoms with Crippen molar-refractivity contribution in [2.45, 2.75) is 6.92 Å². The van der Waals surface area contributed by atoms with Crippen LogP contribution in [-0.2, 0) is 0 Å². The van der Waals surface area contributed by atoms with Crippen LogP contribution in [0.1, 0.15) is 11.3 Å². The third kappa shape index (κ3) is 1.36. The number of aryl methyl sites for hydroxylation is 1. The second kappa shape index (κ2) is 3.12. The molecule has 1 aromatic heterocycles. The van der Waals surface area contributed by atoms with Gasteiger partial charge in [-0.3, -0.25) is 0 Å². The largest absolute Gasteiger partial charge is 0.390 e. The highest BCUT2D eigenvalue weighted by Crippen LogP contribution is 2.25. The van der Waals surface area contributed by atoms with Gasteiger partial charge < -0.3 is 5.73 Å². The van der Waals surface area contributed by atoms with Crippen molar-refractivity contribution >= 4 is 22.9 Å². The molecule has 0 radical (unpaired) electrons. The second-order valence-electron chi connectivity index (χ2n) is 1.84. The lowest BCUT2D eigenvalue weighted by Gasteiger charge is -1.83. The number of aromatic nitrogens is 1. The number of hydrogen-bond acceptors (Lipinski definition) is 4. The predicted octanol–water partition coefficient (Wildman–Crippen LogP) is 0.942. The van der Waals surface area contributed by atoms with E-state index in [4.69, 9.17) is 11.0 Å². The van der Waals surface area contributed by atoms with Crippen LogP contribution >= 0.6 is 11.5 Å². The Bertz CT molecular complexity index is 320. The normalized spacial score (nSPS) is 10.2. The van der Waals surface area contributed by atoms with E-state index in [1.165, 1.54) is 11.5 Å². The lowest BCUT2D eigenvalue weighted by molar-refractivity contribution is 1.31. The maximum Gasteiger partial charge on any atom is 0.155 e. The number of nitrogens with two attached hydrogens (primary N) is 1. The van der Waals surface area contributed by atoms with Crippen molar-refractivity contribution in [2.75, 3.05) is 0 Å². The fourth-order valence-corrected chi connectivity index (χ4v) is 1.35. The van der Waals surface area contributed by atoms with Crippen molar-refractivity contribution in [3.05, 3.63) is 11.3 Å². The molecule has 1 aromatic rings. The van der Waals surface area contributed by atoms with Crippen LogP contribution in [0, 0.1) is 18.3 Å². The number of aliphatic imine (C=N–C) groups is 1. The van der Waals surface area contributed by atoms with Gasteiger partial charge in [0.05, 0.1) is 12.0 Å². The molecule has 4 nitrogen and oxygen atoms in total. The van der Waals surface area contributed by atoms with Gasteiger partial charge in [-0.1, -0.05) is 0 Å². The molecule has 11 heavy (non-hydrogen) atoms. The minimum atomic E-state index is 0.511. The van der Waals surface area contributed by atoms with Crippen molar-refractivity contribution in [3.63, 3.8) is 0 Å². The molecule has 0 aliphatic rings. The lowest BCUT2D eigenvalue weighted by atomic mass is 10.3. The summed E-state index contributed by atoms with van der Waals surface area (Å²) in [5, 5.41) is 9.19. The zero-order valence-electron chi connectivity index (χ0n) is 5.90. The molecule has 0 fully saturated rings. The van der Waals surface area contributed by atoms with Crippen LogP contribution in [0.5, 0.6) is 0 Å². The van der Waals surface area contributed by atoms with E-state index in [9.17, 15) is 0 Å². The highest BCUT2D eigenvalue weighted by molar-refractivity contribution is 7.10. The molecule has 0 aliphatic heterocycles. The monoisotopic (exact) mass is 166 g/mol. The first kappa shape index (κ1) is 7.69. The Morgan fingerprint density at radius 1 is 1.82 bits per heavy atom. The van der Waals surface area contributed by atoms with Crippen molar-refractivity contribution < 1.29 is 0 Å². The summed E-state index contributed by atoms with van der Waals surface area (Å²) in [6, 6.07) is 2.01. The Balaban J connectivity index is 3.18. The Kier molecular flexibility index (Phi) is 2.18. The summed E-state index contributed by atoms with van der Waals surface area (Å²) in [5.41, 5.74) is 6.29. The van der Waals surface area contributed by atoms with Gasteiger partial charge in [0.2, 0.25) is 0 Å². The molecule has 1 heterocycles. The van der Waals surface area contributed by atoms with E-state index in [1.807, 2.05) is 6.07 Å². The molecular formula is C6H6N4S. The molecule has 5 heteroatoms. The molecular weight excluding hydrogens is 160 g/mol. The quantitative estimate of drug-likeness (QED) is 0.498. The minimum Gasteiger partial charge on any atom is -0.390 e. The van der Waals surface area contributed by atoms with Gasteiger partial charge in [-0.25, -0.2) is 4.99 Å². The highest BCUT2D eigenvalue weighted by atomic mass is 32.1. The van der Waals surface area contributed by atoms with Gasteiger partial charge in [0, 0.05) is 0 Å². The van der Waals surface area contributed by atoms with Crippen LogP contribution in [-0.4, -0.2) is 10.7 Å². The Labute approximate surface area is 68.2 Å². The number of nitrogens with zero attached hydrogens (tertiary/aromatic N) is 3. The lowest BCUT2D eigenvalue weighted by Crippen LogP contribution is -1.86. The van der Waals surface area contributed by atoms with Gasteiger partial charge in [0.1, 0.15) is 11.6 Å². The number of nitriles is 1. The predicted molar refractivity (Wildman–Crippen MR) is 43.9 cm³/mol. The maximum atomic E-state index is 8.62. The summed E-state index contributed by atoms with van der Waals surface area (Å²) < 4.78 is 3.96. The van der Waals surface area contributed by atoms with E-state index in [1.54, 1.807) is 6.92 Å². The van der Waals surface area contributed by atoms with E-state index in [-0.39, 0.29) is 0 Å².